The third kappa shape index (κ3) is 2.30. The van der Waals surface area contributed by atoms with Crippen LogP contribution >= 0.6 is 11.8 Å². The normalized spacial score (nSPS) is 19.8. The number of thioether (sulfide) groups is 1. The highest BCUT2D eigenvalue weighted by molar-refractivity contribution is 7.97. The lowest BCUT2D eigenvalue weighted by atomic mass is 10.3. The number of rotatable bonds is 3. The van der Waals surface area contributed by atoms with Crippen molar-refractivity contribution in [1.29, 1.82) is 0 Å². The topological polar surface area (TPSA) is 53.2 Å². The Labute approximate surface area is 101 Å². The average Bonchev–Trinajstić information content (AvgIpc) is 2.83. The molecule has 1 saturated heterocycles. The highest BCUT2D eigenvalue weighted by atomic mass is 32.2. The van der Waals surface area contributed by atoms with Gasteiger partial charge in [0.1, 0.15) is 6.23 Å². The van der Waals surface area contributed by atoms with Crippen molar-refractivity contribution in [1.82, 2.24) is 9.13 Å². The van der Waals surface area contributed by atoms with Crippen molar-refractivity contribution in [2.75, 3.05) is 12.9 Å². The molecule has 2 heterocycles. The van der Waals surface area contributed by atoms with Crippen LogP contribution in [0.4, 0.5) is 4.39 Å². The number of hydrogen-bond donors (Lipinski definition) is 0. The Balaban J connectivity index is 2.53. The summed E-state index contributed by atoms with van der Waals surface area (Å²) < 4.78 is 20.8. The molecule has 5 nitrogen and oxygen atoms in total. The van der Waals surface area contributed by atoms with Gasteiger partial charge in [-0.25, -0.2) is 9.36 Å². The summed E-state index contributed by atoms with van der Waals surface area (Å²) in [5, 5.41) is 0. The fourth-order valence-electron chi connectivity index (χ4n) is 1.82. The minimum Gasteiger partial charge on any atom is -0.358 e. The zero-order valence-electron chi connectivity index (χ0n) is 9.39. The van der Waals surface area contributed by atoms with E-state index in [-0.39, 0.29) is 5.88 Å². The van der Waals surface area contributed by atoms with Gasteiger partial charge in [-0.3, -0.25) is 9.36 Å². The van der Waals surface area contributed by atoms with Crippen LogP contribution in [0.1, 0.15) is 19.1 Å². The summed E-state index contributed by atoms with van der Waals surface area (Å²) in [6.07, 6.45) is 3.73. The molecule has 17 heavy (non-hydrogen) atoms. The van der Waals surface area contributed by atoms with Crippen LogP contribution in [0.15, 0.2) is 15.8 Å². The predicted octanol–water partition coefficient (Wildman–Crippen LogP) is 0.779. The van der Waals surface area contributed by atoms with Crippen molar-refractivity contribution in [3.05, 3.63) is 32.9 Å². The van der Waals surface area contributed by atoms with Gasteiger partial charge >= 0.3 is 5.69 Å². The van der Waals surface area contributed by atoms with Crippen molar-refractivity contribution in [2.45, 2.75) is 24.9 Å². The predicted molar refractivity (Wildman–Crippen MR) is 62.7 cm³/mol. The monoisotopic (exact) mass is 260 g/mol. The molecule has 0 N–H and O–H groups in total. The highest BCUT2D eigenvalue weighted by Crippen LogP contribution is 2.20. The van der Waals surface area contributed by atoms with Crippen LogP contribution in [0.3, 0.4) is 0 Å². The lowest BCUT2D eigenvalue weighted by Gasteiger charge is -2.14. The molecular weight excluding hydrogens is 247 g/mol. The molecule has 7 heteroatoms. The van der Waals surface area contributed by atoms with E-state index >= 15 is 0 Å². The maximum Gasteiger partial charge on any atom is 0.334 e. The van der Waals surface area contributed by atoms with E-state index in [2.05, 4.69) is 0 Å². The van der Waals surface area contributed by atoms with E-state index in [1.807, 2.05) is 0 Å². The maximum absolute atomic E-state index is 13.4. The number of halogens is 1. The summed E-state index contributed by atoms with van der Waals surface area (Å²) in [6.45, 7) is 0.556. The quantitative estimate of drug-likeness (QED) is 0.806. The first-order valence-electron chi connectivity index (χ1n) is 5.27. The SMILES string of the molecule is CSCn1c(=O)c(F)cn(C2CCCO2)c1=O. The second kappa shape index (κ2) is 5.05. The fourth-order valence-corrected chi connectivity index (χ4v) is 2.30. The Morgan fingerprint density at radius 3 is 2.94 bits per heavy atom. The van der Waals surface area contributed by atoms with Crippen LogP contribution < -0.4 is 11.2 Å². The number of ether oxygens (including phenoxy) is 1. The summed E-state index contributed by atoms with van der Waals surface area (Å²) in [7, 11) is 0. The van der Waals surface area contributed by atoms with Crippen LogP contribution in [-0.4, -0.2) is 22.0 Å². The zero-order chi connectivity index (χ0) is 12.4. The molecule has 1 atom stereocenters. The molecule has 1 aliphatic rings. The molecule has 1 aliphatic heterocycles. The van der Waals surface area contributed by atoms with Crippen molar-refractivity contribution in [2.24, 2.45) is 0 Å². The molecule has 0 aromatic carbocycles. The third-order valence-corrected chi connectivity index (χ3v) is 3.14. The van der Waals surface area contributed by atoms with Crippen LogP contribution in [0.5, 0.6) is 0 Å². The second-order valence-electron chi connectivity index (χ2n) is 3.79. The van der Waals surface area contributed by atoms with Crippen molar-refractivity contribution in [3.8, 4) is 0 Å². The highest BCUT2D eigenvalue weighted by Gasteiger charge is 2.21. The molecule has 1 aromatic rings. The minimum absolute atomic E-state index is 0.141. The Bertz CT molecular complexity index is 519. The van der Waals surface area contributed by atoms with Gasteiger partial charge in [0.25, 0.3) is 5.56 Å². The molecule has 1 aromatic heterocycles. The van der Waals surface area contributed by atoms with Crippen LogP contribution in [0.2, 0.25) is 0 Å². The average molecular weight is 260 g/mol. The first-order valence-corrected chi connectivity index (χ1v) is 6.66. The molecule has 0 spiro atoms. The van der Waals surface area contributed by atoms with E-state index in [0.717, 1.165) is 17.2 Å². The molecule has 0 amide bonds. The molecule has 0 radical (unpaired) electrons. The van der Waals surface area contributed by atoms with Crippen LogP contribution in [0.25, 0.3) is 0 Å². The third-order valence-electron chi connectivity index (χ3n) is 2.63. The first kappa shape index (κ1) is 12.4. The van der Waals surface area contributed by atoms with Gasteiger partial charge in [0, 0.05) is 6.61 Å². The standard InChI is InChI=1S/C10H13FN2O3S/c1-17-6-13-9(14)7(11)5-12(10(13)15)8-3-2-4-16-8/h5,8H,2-4,6H2,1H3. The van der Waals surface area contributed by atoms with Crippen molar-refractivity contribution in [3.63, 3.8) is 0 Å². The van der Waals surface area contributed by atoms with Gasteiger partial charge in [0.2, 0.25) is 5.82 Å². The molecular formula is C10H13FN2O3S. The largest absolute Gasteiger partial charge is 0.358 e. The summed E-state index contributed by atoms with van der Waals surface area (Å²) in [5.41, 5.74) is -1.39. The summed E-state index contributed by atoms with van der Waals surface area (Å²) >= 11 is 1.29. The van der Waals surface area contributed by atoms with Gasteiger partial charge in [-0.05, 0) is 19.1 Å². The lowest BCUT2D eigenvalue weighted by Crippen LogP contribution is -2.41. The van der Waals surface area contributed by atoms with Gasteiger partial charge < -0.3 is 4.74 Å². The first-order chi connectivity index (χ1) is 8.15. The van der Waals surface area contributed by atoms with Gasteiger partial charge in [-0.1, -0.05) is 0 Å². The molecule has 0 bridgehead atoms. The molecule has 1 unspecified atom stereocenters. The van der Waals surface area contributed by atoms with E-state index in [0.29, 0.717) is 13.0 Å². The Kier molecular flexibility index (Phi) is 3.68. The van der Waals surface area contributed by atoms with E-state index in [4.69, 9.17) is 4.74 Å². The molecule has 94 valence electrons. The van der Waals surface area contributed by atoms with E-state index < -0.39 is 23.3 Å². The van der Waals surface area contributed by atoms with Crippen LogP contribution in [0, 0.1) is 5.82 Å². The van der Waals surface area contributed by atoms with Gasteiger partial charge in [0.05, 0.1) is 12.1 Å². The molecule has 1 fully saturated rings. The fraction of sp³-hybridized carbons (Fsp3) is 0.600. The van der Waals surface area contributed by atoms with Gasteiger partial charge in [-0.2, -0.15) is 4.39 Å². The summed E-state index contributed by atoms with van der Waals surface area (Å²) in [6, 6.07) is 0. The maximum atomic E-state index is 13.4. The molecule has 2 rings (SSSR count). The van der Waals surface area contributed by atoms with E-state index in [9.17, 15) is 14.0 Å². The van der Waals surface area contributed by atoms with Crippen molar-refractivity contribution >= 4 is 11.8 Å². The Hall–Kier alpha value is -1.08. The Morgan fingerprint density at radius 2 is 2.35 bits per heavy atom. The van der Waals surface area contributed by atoms with E-state index in [1.165, 1.54) is 16.3 Å². The number of hydrogen-bond acceptors (Lipinski definition) is 4. The van der Waals surface area contributed by atoms with Crippen molar-refractivity contribution < 1.29 is 9.13 Å². The smallest absolute Gasteiger partial charge is 0.334 e. The molecule has 0 saturated carbocycles. The van der Waals surface area contributed by atoms with Gasteiger partial charge in [0.15, 0.2) is 0 Å². The summed E-state index contributed by atoms with van der Waals surface area (Å²) in [4.78, 5) is 23.5. The van der Waals surface area contributed by atoms with Crippen LogP contribution in [-0.2, 0) is 10.6 Å². The second-order valence-corrected chi connectivity index (χ2v) is 4.62. The number of aromatic nitrogens is 2. The zero-order valence-corrected chi connectivity index (χ0v) is 10.2. The minimum atomic E-state index is -0.922. The number of nitrogens with zero attached hydrogens (tertiary/aromatic N) is 2. The lowest BCUT2D eigenvalue weighted by molar-refractivity contribution is 0.0505. The summed E-state index contributed by atoms with van der Waals surface area (Å²) in [5.74, 6) is -0.781. The Morgan fingerprint density at radius 1 is 1.59 bits per heavy atom. The van der Waals surface area contributed by atoms with Gasteiger partial charge in [-0.15, -0.1) is 11.8 Å². The van der Waals surface area contributed by atoms with E-state index in [1.54, 1.807) is 6.26 Å². The molecule has 0 aliphatic carbocycles.